The largest absolute Gasteiger partial charge is 0.457 e. The van der Waals surface area contributed by atoms with Crippen molar-refractivity contribution in [3.63, 3.8) is 0 Å². The molecule has 5 nitrogen and oxygen atoms in total. The van der Waals surface area contributed by atoms with Crippen molar-refractivity contribution < 1.29 is 8.85 Å². The van der Waals surface area contributed by atoms with Crippen LogP contribution in [0.4, 0.5) is 17.1 Å². The molecule has 43 heavy (non-hydrogen) atoms. The summed E-state index contributed by atoms with van der Waals surface area (Å²) in [5.74, 6) is 2.23. The summed E-state index contributed by atoms with van der Waals surface area (Å²) in [7, 11) is 0. The molecule has 0 saturated carbocycles. The molecule has 0 aliphatic rings. The molecule has 5 heteroatoms. The molecule has 218 valence electrons. The Balaban J connectivity index is 1.43. The Bertz CT molecular complexity index is 2050. The second-order valence-electron chi connectivity index (χ2n) is 13.1. The molecule has 0 atom stereocenters. The van der Waals surface area contributed by atoms with Crippen LogP contribution in [-0.2, 0) is 10.8 Å². The van der Waals surface area contributed by atoms with E-state index in [0.717, 1.165) is 38.9 Å². The molecular weight excluding hydrogens is 528 g/mol. The number of para-hydroxylation sites is 3. The Hall–Kier alpha value is -4.77. The number of ether oxygens (including phenoxy) is 1. The van der Waals surface area contributed by atoms with Crippen LogP contribution in [0.25, 0.3) is 27.6 Å². The SMILES string of the molecule is [2H]C([2H])([2H])Nc1ccccc1Nc1cc(Oc2ccc3c4ccccc4n(-c4cc(C(C)(C)C)ccn4)c3c2)cc(C(C)(C)C)c1. The summed E-state index contributed by atoms with van der Waals surface area (Å²) in [5.41, 5.74) is 6.15. The van der Waals surface area contributed by atoms with Crippen LogP contribution in [0.2, 0.25) is 0 Å². The molecule has 0 aliphatic heterocycles. The number of pyridine rings is 1. The molecule has 0 radical (unpaired) electrons. The number of aromatic nitrogens is 2. The first kappa shape index (κ1) is 24.8. The topological polar surface area (TPSA) is 51.1 Å². The van der Waals surface area contributed by atoms with E-state index in [1.807, 2.05) is 36.5 Å². The lowest BCUT2D eigenvalue weighted by molar-refractivity contribution is 0.479. The molecule has 0 amide bonds. The van der Waals surface area contributed by atoms with Gasteiger partial charge in [0.2, 0.25) is 0 Å². The summed E-state index contributed by atoms with van der Waals surface area (Å²) < 4.78 is 31.9. The van der Waals surface area contributed by atoms with Gasteiger partial charge in [0.1, 0.15) is 17.3 Å². The Morgan fingerprint density at radius 1 is 0.674 bits per heavy atom. The summed E-state index contributed by atoms with van der Waals surface area (Å²) in [6.07, 6.45) is 1.88. The summed E-state index contributed by atoms with van der Waals surface area (Å²) in [6.45, 7) is 10.8. The second kappa shape index (κ2) is 10.8. The van der Waals surface area contributed by atoms with Crippen LogP contribution in [0.15, 0.2) is 103 Å². The molecule has 0 spiro atoms. The van der Waals surface area contributed by atoms with Gasteiger partial charge in [0, 0.05) is 45.9 Å². The number of hydrogen-bond donors (Lipinski definition) is 2. The molecular formula is C38H40N4O. The summed E-state index contributed by atoms with van der Waals surface area (Å²) >= 11 is 0. The average molecular weight is 572 g/mol. The first-order valence-electron chi connectivity index (χ1n) is 16.1. The quantitative estimate of drug-likeness (QED) is 0.209. The summed E-state index contributed by atoms with van der Waals surface area (Å²) in [5, 5.41) is 8.32. The molecule has 0 saturated heterocycles. The highest BCUT2D eigenvalue weighted by molar-refractivity contribution is 6.09. The van der Waals surface area contributed by atoms with Crippen molar-refractivity contribution in [2.75, 3.05) is 17.6 Å². The molecule has 2 aromatic heterocycles. The van der Waals surface area contributed by atoms with Crippen molar-refractivity contribution in [1.82, 2.24) is 9.55 Å². The van der Waals surface area contributed by atoms with Crippen LogP contribution < -0.4 is 15.4 Å². The minimum atomic E-state index is -2.32. The van der Waals surface area contributed by atoms with Gasteiger partial charge in [-0.2, -0.15) is 0 Å². The van der Waals surface area contributed by atoms with Crippen molar-refractivity contribution in [2.24, 2.45) is 0 Å². The molecule has 4 aromatic carbocycles. The Labute approximate surface area is 258 Å². The van der Waals surface area contributed by atoms with Gasteiger partial charge in [0.05, 0.1) is 22.4 Å². The van der Waals surface area contributed by atoms with E-state index in [2.05, 4.69) is 117 Å². The van der Waals surface area contributed by atoms with Gasteiger partial charge in [-0.3, -0.25) is 4.57 Å². The summed E-state index contributed by atoms with van der Waals surface area (Å²) in [6, 6.07) is 32.2. The van der Waals surface area contributed by atoms with Gasteiger partial charge in [-0.1, -0.05) is 71.9 Å². The maximum Gasteiger partial charge on any atom is 0.137 e. The van der Waals surface area contributed by atoms with E-state index in [-0.39, 0.29) is 10.8 Å². The van der Waals surface area contributed by atoms with E-state index >= 15 is 0 Å². The predicted molar refractivity (Wildman–Crippen MR) is 182 cm³/mol. The normalized spacial score (nSPS) is 13.4. The van der Waals surface area contributed by atoms with Gasteiger partial charge in [-0.15, -0.1) is 0 Å². The van der Waals surface area contributed by atoms with Gasteiger partial charge in [-0.25, -0.2) is 4.98 Å². The van der Waals surface area contributed by atoms with Crippen molar-refractivity contribution >= 4 is 38.9 Å². The Morgan fingerprint density at radius 2 is 1.40 bits per heavy atom. The van der Waals surface area contributed by atoms with Gasteiger partial charge >= 0.3 is 0 Å². The van der Waals surface area contributed by atoms with Crippen molar-refractivity contribution in [1.29, 1.82) is 0 Å². The van der Waals surface area contributed by atoms with Crippen LogP contribution in [0.5, 0.6) is 11.5 Å². The molecule has 0 fully saturated rings. The molecule has 2 N–H and O–H groups in total. The zero-order valence-corrected chi connectivity index (χ0v) is 25.6. The molecule has 0 bridgehead atoms. The number of nitrogens with one attached hydrogen (secondary N) is 2. The van der Waals surface area contributed by atoms with Gasteiger partial charge < -0.3 is 15.4 Å². The first-order chi connectivity index (χ1) is 21.7. The van der Waals surface area contributed by atoms with Gasteiger partial charge in [0.15, 0.2) is 0 Å². The Morgan fingerprint density at radius 3 is 2.16 bits per heavy atom. The fraction of sp³-hybridized carbons (Fsp3) is 0.237. The van der Waals surface area contributed by atoms with E-state index in [1.54, 1.807) is 6.07 Å². The van der Waals surface area contributed by atoms with Crippen LogP contribution in [-0.4, -0.2) is 16.5 Å². The van der Waals surface area contributed by atoms with Crippen LogP contribution in [0, 0.1) is 0 Å². The number of hydrogen-bond acceptors (Lipinski definition) is 4. The fourth-order valence-electron chi connectivity index (χ4n) is 5.42. The highest BCUT2D eigenvalue weighted by atomic mass is 16.5. The lowest BCUT2D eigenvalue weighted by Crippen LogP contribution is -2.12. The van der Waals surface area contributed by atoms with E-state index in [0.29, 0.717) is 22.9 Å². The molecule has 0 unspecified atom stereocenters. The lowest BCUT2D eigenvalue weighted by atomic mass is 9.86. The lowest BCUT2D eigenvalue weighted by Gasteiger charge is -2.22. The summed E-state index contributed by atoms with van der Waals surface area (Å²) in [4.78, 5) is 4.80. The van der Waals surface area contributed by atoms with E-state index in [1.165, 1.54) is 5.56 Å². The molecule has 0 aliphatic carbocycles. The predicted octanol–water partition coefficient (Wildman–Crippen LogP) is 10.4. The third-order valence-electron chi connectivity index (χ3n) is 7.83. The third kappa shape index (κ3) is 5.68. The highest BCUT2D eigenvalue weighted by Crippen LogP contribution is 2.38. The zero-order valence-electron chi connectivity index (χ0n) is 28.6. The number of nitrogens with zero attached hydrogens (tertiary/aromatic N) is 2. The minimum Gasteiger partial charge on any atom is -0.457 e. The average Bonchev–Trinajstić information content (AvgIpc) is 3.30. The first-order valence-corrected chi connectivity index (χ1v) is 14.6. The van der Waals surface area contributed by atoms with Gasteiger partial charge in [0.25, 0.3) is 0 Å². The second-order valence-corrected chi connectivity index (χ2v) is 13.1. The van der Waals surface area contributed by atoms with Crippen molar-refractivity contribution in [2.45, 2.75) is 52.4 Å². The minimum absolute atomic E-state index is 0.0160. The van der Waals surface area contributed by atoms with E-state index < -0.39 is 6.98 Å². The monoisotopic (exact) mass is 571 g/mol. The fourth-order valence-corrected chi connectivity index (χ4v) is 5.42. The smallest absolute Gasteiger partial charge is 0.137 e. The number of anilines is 3. The van der Waals surface area contributed by atoms with Crippen LogP contribution in [0.3, 0.4) is 0 Å². The number of fused-ring (bicyclic) bond motifs is 3. The molecule has 2 heterocycles. The van der Waals surface area contributed by atoms with Gasteiger partial charge in [-0.05, 0) is 76.6 Å². The van der Waals surface area contributed by atoms with Crippen molar-refractivity contribution in [3.05, 3.63) is 114 Å². The Kier molecular flexibility index (Phi) is 6.23. The maximum absolute atomic E-state index is 7.69. The van der Waals surface area contributed by atoms with E-state index in [4.69, 9.17) is 13.8 Å². The van der Waals surface area contributed by atoms with Crippen molar-refractivity contribution in [3.8, 4) is 17.3 Å². The maximum atomic E-state index is 7.69. The van der Waals surface area contributed by atoms with Crippen LogP contribution in [0.1, 0.15) is 56.8 Å². The number of benzene rings is 4. The molecule has 6 aromatic rings. The standard InChI is InChI=1S/C38H40N4O/c1-37(2,3)25-18-19-40-36(22-25)42-34-15-11-8-12-30(34)31-17-16-28(24-35(31)42)43-29-21-26(38(4,5)6)20-27(23-29)41-33-14-10-9-13-32(33)39-7/h8-24,39,41H,1-7H3/i7D3. The third-order valence-corrected chi connectivity index (χ3v) is 7.83. The molecule has 6 rings (SSSR count). The van der Waals surface area contributed by atoms with E-state index in [9.17, 15) is 0 Å². The number of rotatable bonds is 6. The van der Waals surface area contributed by atoms with Crippen LogP contribution >= 0.6 is 0 Å². The highest BCUT2D eigenvalue weighted by Gasteiger charge is 2.19. The zero-order chi connectivity index (χ0) is 32.9.